The first kappa shape index (κ1) is 24.3. The van der Waals surface area contributed by atoms with Gasteiger partial charge in [0.25, 0.3) is 0 Å². The van der Waals surface area contributed by atoms with Crippen LogP contribution in [0.3, 0.4) is 0 Å². The van der Waals surface area contributed by atoms with E-state index in [-0.39, 0.29) is 37.3 Å². The first-order valence-electron chi connectivity index (χ1n) is 11.2. The molecule has 0 aliphatic heterocycles. The van der Waals surface area contributed by atoms with Gasteiger partial charge in [0.1, 0.15) is 12.6 Å². The predicted octanol–water partition coefficient (Wildman–Crippen LogP) is 4.17. The Morgan fingerprint density at radius 3 is 2.06 bits per heavy atom. The van der Waals surface area contributed by atoms with Crippen LogP contribution in [0.25, 0.3) is 11.1 Å². The molecular weight excluding hydrogens is 420 g/mol. The maximum atomic E-state index is 12.4. The molecule has 1 aliphatic carbocycles. The Bertz CT molecular complexity index is 985. The number of nitrogens with one attached hydrogen (secondary N) is 2. The standard InChI is InChI=1S/C26H32N2O5/c1-16(2)23(24(30)31)28-22(29)13-26(3,4)15-27-25(32)33-14-21-19-11-7-5-9-17(19)18-10-6-8-12-20(18)21/h5-12,16,21,23H,13-15H2,1-4H3,(H,27,32)(H,28,29)(H,30,31)/t23-/m1/s1. The highest BCUT2D eigenvalue weighted by molar-refractivity contribution is 5.84. The molecule has 0 aromatic heterocycles. The molecule has 0 unspecified atom stereocenters. The average molecular weight is 453 g/mol. The smallest absolute Gasteiger partial charge is 0.407 e. The van der Waals surface area contributed by atoms with Crippen LogP contribution in [-0.4, -0.2) is 42.3 Å². The van der Waals surface area contributed by atoms with Crippen molar-refractivity contribution in [3.05, 3.63) is 59.7 Å². The fourth-order valence-corrected chi connectivity index (χ4v) is 4.20. The molecule has 0 radical (unpaired) electrons. The van der Waals surface area contributed by atoms with Crippen LogP contribution in [0.5, 0.6) is 0 Å². The number of benzene rings is 2. The second-order valence-electron chi connectivity index (χ2n) is 9.65. The number of amides is 2. The van der Waals surface area contributed by atoms with Crippen molar-refractivity contribution >= 4 is 18.0 Å². The lowest BCUT2D eigenvalue weighted by Gasteiger charge is -2.26. The number of carbonyl (C=O) groups is 3. The summed E-state index contributed by atoms with van der Waals surface area (Å²) in [5.41, 5.74) is 4.03. The number of carbonyl (C=O) groups excluding carboxylic acids is 2. The maximum Gasteiger partial charge on any atom is 0.407 e. The van der Waals surface area contributed by atoms with Crippen molar-refractivity contribution in [1.29, 1.82) is 0 Å². The topological polar surface area (TPSA) is 105 Å². The van der Waals surface area contributed by atoms with Crippen LogP contribution in [0.4, 0.5) is 4.79 Å². The highest BCUT2D eigenvalue weighted by Crippen LogP contribution is 2.44. The van der Waals surface area contributed by atoms with Crippen LogP contribution < -0.4 is 10.6 Å². The maximum absolute atomic E-state index is 12.4. The summed E-state index contributed by atoms with van der Waals surface area (Å²) < 4.78 is 5.54. The number of hydrogen-bond acceptors (Lipinski definition) is 4. The summed E-state index contributed by atoms with van der Waals surface area (Å²) in [5.74, 6) is -1.68. The van der Waals surface area contributed by atoms with Gasteiger partial charge in [-0.05, 0) is 33.6 Å². The molecule has 0 saturated heterocycles. The minimum atomic E-state index is -1.06. The summed E-state index contributed by atoms with van der Waals surface area (Å²) in [6, 6.07) is 15.3. The molecule has 0 saturated carbocycles. The van der Waals surface area contributed by atoms with E-state index in [1.54, 1.807) is 13.8 Å². The predicted molar refractivity (Wildman–Crippen MR) is 126 cm³/mol. The highest BCUT2D eigenvalue weighted by Gasteiger charge is 2.30. The van der Waals surface area contributed by atoms with Crippen molar-refractivity contribution in [1.82, 2.24) is 10.6 Å². The third-order valence-corrected chi connectivity index (χ3v) is 5.94. The van der Waals surface area contributed by atoms with Crippen molar-refractivity contribution in [2.24, 2.45) is 11.3 Å². The van der Waals surface area contributed by atoms with E-state index in [0.29, 0.717) is 0 Å². The van der Waals surface area contributed by atoms with Gasteiger partial charge in [0, 0.05) is 18.9 Å². The summed E-state index contributed by atoms with van der Waals surface area (Å²) in [4.78, 5) is 36.0. The van der Waals surface area contributed by atoms with Gasteiger partial charge in [-0.3, -0.25) is 4.79 Å². The van der Waals surface area contributed by atoms with Gasteiger partial charge in [-0.1, -0.05) is 76.2 Å². The molecule has 0 fully saturated rings. The van der Waals surface area contributed by atoms with Crippen LogP contribution in [0.1, 0.15) is 51.2 Å². The van der Waals surface area contributed by atoms with E-state index in [4.69, 9.17) is 4.74 Å². The van der Waals surface area contributed by atoms with Crippen molar-refractivity contribution < 1.29 is 24.2 Å². The number of ether oxygens (including phenoxy) is 1. The van der Waals surface area contributed by atoms with Crippen molar-refractivity contribution in [3.8, 4) is 11.1 Å². The average Bonchev–Trinajstić information content (AvgIpc) is 3.08. The molecule has 0 heterocycles. The molecule has 1 aliphatic rings. The molecule has 0 spiro atoms. The van der Waals surface area contributed by atoms with Gasteiger partial charge in [-0.15, -0.1) is 0 Å². The summed E-state index contributed by atoms with van der Waals surface area (Å²) in [5, 5.41) is 14.6. The number of carboxylic acid groups (broad SMARTS) is 1. The Morgan fingerprint density at radius 2 is 1.55 bits per heavy atom. The van der Waals surface area contributed by atoms with Crippen LogP contribution in [0.2, 0.25) is 0 Å². The fourth-order valence-electron chi connectivity index (χ4n) is 4.20. The highest BCUT2D eigenvalue weighted by atomic mass is 16.5. The Hall–Kier alpha value is -3.35. The number of rotatable bonds is 9. The largest absolute Gasteiger partial charge is 0.480 e. The van der Waals surface area contributed by atoms with Gasteiger partial charge in [0.2, 0.25) is 5.91 Å². The molecule has 2 aromatic carbocycles. The number of hydrogen-bond donors (Lipinski definition) is 3. The molecule has 2 aromatic rings. The zero-order chi connectivity index (χ0) is 24.2. The summed E-state index contributed by atoms with van der Waals surface area (Å²) in [6.07, 6.45) is -0.469. The first-order valence-corrected chi connectivity index (χ1v) is 11.2. The van der Waals surface area contributed by atoms with Gasteiger partial charge in [-0.2, -0.15) is 0 Å². The molecule has 7 heteroatoms. The van der Waals surface area contributed by atoms with E-state index in [9.17, 15) is 19.5 Å². The van der Waals surface area contributed by atoms with E-state index in [0.717, 1.165) is 22.3 Å². The van der Waals surface area contributed by atoms with Crippen LogP contribution in [-0.2, 0) is 14.3 Å². The Morgan fingerprint density at radius 1 is 1.00 bits per heavy atom. The molecule has 0 bridgehead atoms. The van der Waals surface area contributed by atoms with Gasteiger partial charge < -0.3 is 20.5 Å². The lowest BCUT2D eigenvalue weighted by atomic mass is 9.88. The second-order valence-corrected chi connectivity index (χ2v) is 9.65. The Balaban J connectivity index is 1.52. The van der Waals surface area contributed by atoms with Crippen LogP contribution in [0, 0.1) is 11.3 Å². The number of fused-ring (bicyclic) bond motifs is 3. The molecule has 33 heavy (non-hydrogen) atoms. The monoisotopic (exact) mass is 452 g/mol. The third-order valence-electron chi connectivity index (χ3n) is 5.94. The second kappa shape index (κ2) is 10.1. The Labute approximate surface area is 194 Å². The Kier molecular flexibility index (Phi) is 7.41. The SMILES string of the molecule is CC(C)[C@@H](NC(=O)CC(C)(C)CNC(=O)OCC1c2ccccc2-c2ccccc21)C(=O)O. The zero-order valence-electron chi connectivity index (χ0n) is 19.6. The summed E-state index contributed by atoms with van der Waals surface area (Å²) >= 11 is 0. The van der Waals surface area contributed by atoms with Gasteiger partial charge in [0.05, 0.1) is 0 Å². The fraction of sp³-hybridized carbons (Fsp3) is 0.423. The number of carboxylic acids is 1. The quantitative estimate of drug-likeness (QED) is 0.530. The van der Waals surface area contributed by atoms with Crippen molar-refractivity contribution in [2.45, 2.75) is 46.1 Å². The first-order chi connectivity index (χ1) is 15.6. The lowest BCUT2D eigenvalue weighted by Crippen LogP contribution is -2.46. The third kappa shape index (κ3) is 5.92. The summed E-state index contributed by atoms with van der Waals surface area (Å²) in [7, 11) is 0. The van der Waals surface area contributed by atoms with E-state index in [2.05, 4.69) is 34.9 Å². The van der Waals surface area contributed by atoms with E-state index in [1.807, 2.05) is 38.1 Å². The molecule has 176 valence electrons. The number of alkyl carbamates (subject to hydrolysis) is 1. The van der Waals surface area contributed by atoms with Crippen LogP contribution >= 0.6 is 0 Å². The van der Waals surface area contributed by atoms with E-state index in [1.165, 1.54) is 0 Å². The van der Waals surface area contributed by atoms with E-state index < -0.39 is 23.5 Å². The molecule has 7 nitrogen and oxygen atoms in total. The van der Waals surface area contributed by atoms with Crippen LogP contribution in [0.15, 0.2) is 48.5 Å². The van der Waals surface area contributed by atoms with Crippen molar-refractivity contribution in [2.75, 3.05) is 13.2 Å². The minimum Gasteiger partial charge on any atom is -0.480 e. The normalized spacial score (nSPS) is 13.7. The molecule has 3 rings (SSSR count). The van der Waals surface area contributed by atoms with Gasteiger partial charge in [0.15, 0.2) is 0 Å². The molecule has 1 atom stereocenters. The molecule has 3 N–H and O–H groups in total. The summed E-state index contributed by atoms with van der Waals surface area (Å²) in [6.45, 7) is 7.58. The lowest BCUT2D eigenvalue weighted by molar-refractivity contribution is -0.143. The number of aliphatic carboxylic acids is 1. The van der Waals surface area contributed by atoms with Gasteiger partial charge in [-0.25, -0.2) is 9.59 Å². The van der Waals surface area contributed by atoms with Crippen molar-refractivity contribution in [3.63, 3.8) is 0 Å². The molecule has 2 amide bonds. The zero-order valence-corrected chi connectivity index (χ0v) is 19.6. The minimum absolute atomic E-state index is 0.0223. The molecular formula is C26H32N2O5. The van der Waals surface area contributed by atoms with Gasteiger partial charge >= 0.3 is 12.1 Å². The van der Waals surface area contributed by atoms with E-state index >= 15 is 0 Å².